The average Bonchev–Trinajstić information content (AvgIpc) is 2.44. The van der Waals surface area contributed by atoms with Crippen molar-refractivity contribution in [3.63, 3.8) is 0 Å². The lowest BCUT2D eigenvalue weighted by molar-refractivity contribution is 0.722. The lowest BCUT2D eigenvalue weighted by atomic mass is 10.3. The maximum atomic E-state index is 3.95. The van der Waals surface area contributed by atoms with E-state index in [9.17, 15) is 0 Å². The monoisotopic (exact) mass is 263 g/mol. The molecule has 0 fully saturated rings. The molecule has 0 amide bonds. The number of nitrogens with one attached hydrogen (secondary N) is 1. The number of hydrogen-bond acceptors (Lipinski definition) is 1. The van der Waals surface area contributed by atoms with Gasteiger partial charge in [-0.1, -0.05) is 77.8 Å². The van der Waals surface area contributed by atoms with Gasteiger partial charge in [-0.25, -0.2) is 0 Å². The van der Waals surface area contributed by atoms with Crippen molar-refractivity contribution < 1.29 is 0 Å². The molecule has 1 nitrogen and oxygen atoms in total. The van der Waals surface area contributed by atoms with Gasteiger partial charge < -0.3 is 4.98 Å². The van der Waals surface area contributed by atoms with Crippen LogP contribution in [0.3, 0.4) is 0 Å². The Labute approximate surface area is 114 Å². The Balaban J connectivity index is 3.28. The van der Waals surface area contributed by atoms with Crippen LogP contribution in [-0.2, 0) is 0 Å². The van der Waals surface area contributed by atoms with E-state index in [0.717, 1.165) is 17.6 Å². The molecule has 0 saturated carbocycles. The number of rotatable bonds is 7. The summed E-state index contributed by atoms with van der Waals surface area (Å²) in [4.78, 5) is 3.95. The maximum Gasteiger partial charge on any atom is 0.163 e. The van der Waals surface area contributed by atoms with Gasteiger partial charge in [0, 0.05) is 0 Å². The first-order valence-electron chi connectivity index (χ1n) is 7.43. The molecule has 0 aromatic heterocycles. The zero-order valence-corrected chi connectivity index (χ0v) is 13.7. The van der Waals surface area contributed by atoms with Gasteiger partial charge in [-0.15, -0.1) is 0 Å². The lowest BCUT2D eigenvalue weighted by Gasteiger charge is -2.42. The molecule has 2 heteroatoms. The minimum absolute atomic E-state index is 0.773. The van der Waals surface area contributed by atoms with E-state index in [1.54, 1.807) is 5.19 Å². The van der Waals surface area contributed by atoms with Crippen LogP contribution in [-0.4, -0.2) is 14.8 Å². The standard InChI is InChI=1S/C16H29NSi/c1-6-14(4)18(17-8-3,15(5)7-2)16-12-10-9-11-13-16/h9-15,17H,6-8H2,1-5H3. The summed E-state index contributed by atoms with van der Waals surface area (Å²) in [6, 6.07) is 11.2. The predicted molar refractivity (Wildman–Crippen MR) is 84.9 cm³/mol. The highest BCUT2D eigenvalue weighted by atomic mass is 28.3. The van der Waals surface area contributed by atoms with Crippen LogP contribution < -0.4 is 10.2 Å². The van der Waals surface area contributed by atoms with Crippen molar-refractivity contribution in [1.29, 1.82) is 0 Å². The van der Waals surface area contributed by atoms with Gasteiger partial charge in [0.1, 0.15) is 0 Å². The second-order valence-corrected chi connectivity index (χ2v) is 10.0. The number of benzene rings is 1. The summed E-state index contributed by atoms with van der Waals surface area (Å²) < 4.78 is 0. The molecule has 0 aliphatic carbocycles. The fraction of sp³-hybridized carbons (Fsp3) is 0.625. The molecule has 1 aromatic carbocycles. The molecule has 0 spiro atoms. The lowest BCUT2D eigenvalue weighted by Crippen LogP contribution is -2.65. The molecule has 0 aliphatic rings. The summed E-state index contributed by atoms with van der Waals surface area (Å²) in [6.45, 7) is 12.9. The molecule has 0 radical (unpaired) electrons. The van der Waals surface area contributed by atoms with Crippen LogP contribution in [0.2, 0.25) is 11.1 Å². The largest absolute Gasteiger partial charge is 0.334 e. The van der Waals surface area contributed by atoms with Crippen LogP contribution in [0.15, 0.2) is 30.3 Å². The minimum Gasteiger partial charge on any atom is -0.334 e. The van der Waals surface area contributed by atoms with Crippen molar-refractivity contribution >= 4 is 13.4 Å². The average molecular weight is 264 g/mol. The van der Waals surface area contributed by atoms with E-state index in [2.05, 4.69) is 69.9 Å². The van der Waals surface area contributed by atoms with E-state index in [1.165, 1.54) is 12.8 Å². The van der Waals surface area contributed by atoms with Crippen molar-refractivity contribution in [3.8, 4) is 0 Å². The van der Waals surface area contributed by atoms with Gasteiger partial charge >= 0.3 is 0 Å². The van der Waals surface area contributed by atoms with Crippen molar-refractivity contribution in [2.45, 2.75) is 58.5 Å². The molecular weight excluding hydrogens is 234 g/mol. The zero-order chi connectivity index (χ0) is 13.6. The van der Waals surface area contributed by atoms with Crippen LogP contribution in [0.1, 0.15) is 47.5 Å². The van der Waals surface area contributed by atoms with Crippen LogP contribution in [0.4, 0.5) is 0 Å². The van der Waals surface area contributed by atoms with E-state index >= 15 is 0 Å². The van der Waals surface area contributed by atoms with Gasteiger partial charge in [0.2, 0.25) is 0 Å². The Kier molecular flexibility index (Phi) is 6.10. The molecule has 18 heavy (non-hydrogen) atoms. The molecule has 2 unspecified atom stereocenters. The van der Waals surface area contributed by atoms with E-state index in [-0.39, 0.29) is 0 Å². The van der Waals surface area contributed by atoms with Gasteiger partial charge in [-0.3, -0.25) is 0 Å². The Morgan fingerprint density at radius 1 is 0.944 bits per heavy atom. The van der Waals surface area contributed by atoms with E-state index in [0.29, 0.717) is 0 Å². The highest BCUT2D eigenvalue weighted by molar-refractivity contribution is 6.92. The SMILES string of the molecule is CCN[Si](c1ccccc1)(C(C)CC)C(C)CC. The normalized spacial score (nSPS) is 18.1. The highest BCUT2D eigenvalue weighted by Crippen LogP contribution is 2.34. The second kappa shape index (κ2) is 7.10. The van der Waals surface area contributed by atoms with Crippen molar-refractivity contribution in [2.24, 2.45) is 0 Å². The van der Waals surface area contributed by atoms with Gasteiger partial charge in [-0.05, 0) is 22.8 Å². The van der Waals surface area contributed by atoms with Gasteiger partial charge in [0.25, 0.3) is 0 Å². The second-order valence-electron chi connectivity index (χ2n) is 5.38. The quantitative estimate of drug-likeness (QED) is 0.732. The zero-order valence-electron chi connectivity index (χ0n) is 12.7. The van der Waals surface area contributed by atoms with E-state index in [4.69, 9.17) is 0 Å². The Hall–Kier alpha value is -0.603. The predicted octanol–water partition coefficient (Wildman–Crippen LogP) is 4.05. The molecule has 0 heterocycles. The highest BCUT2D eigenvalue weighted by Gasteiger charge is 2.43. The maximum absolute atomic E-state index is 3.95. The molecule has 1 N–H and O–H groups in total. The van der Waals surface area contributed by atoms with Gasteiger partial charge in [-0.2, -0.15) is 0 Å². The Bertz CT molecular complexity index is 326. The number of hydrogen-bond donors (Lipinski definition) is 1. The van der Waals surface area contributed by atoms with Gasteiger partial charge in [0.15, 0.2) is 8.24 Å². The Morgan fingerprint density at radius 3 is 1.83 bits per heavy atom. The molecule has 2 atom stereocenters. The van der Waals surface area contributed by atoms with Crippen molar-refractivity contribution in [1.82, 2.24) is 4.98 Å². The topological polar surface area (TPSA) is 12.0 Å². The van der Waals surface area contributed by atoms with E-state index in [1.807, 2.05) is 0 Å². The first-order chi connectivity index (χ1) is 8.63. The summed E-state index contributed by atoms with van der Waals surface area (Å²) in [5, 5.41) is 1.58. The van der Waals surface area contributed by atoms with Crippen molar-refractivity contribution in [3.05, 3.63) is 30.3 Å². The van der Waals surface area contributed by atoms with Crippen molar-refractivity contribution in [2.75, 3.05) is 6.54 Å². The summed E-state index contributed by atoms with van der Waals surface area (Å²) in [7, 11) is -1.63. The third-order valence-corrected chi connectivity index (χ3v) is 10.7. The molecule has 1 rings (SSSR count). The summed E-state index contributed by atoms with van der Waals surface area (Å²) >= 11 is 0. The molecule has 0 saturated heterocycles. The van der Waals surface area contributed by atoms with Crippen LogP contribution >= 0.6 is 0 Å². The molecule has 0 aliphatic heterocycles. The van der Waals surface area contributed by atoms with Crippen LogP contribution in [0.25, 0.3) is 0 Å². The summed E-state index contributed by atoms with van der Waals surface area (Å²) in [5.74, 6) is 0. The molecular formula is C16H29NSi. The first-order valence-corrected chi connectivity index (χ1v) is 9.59. The molecule has 102 valence electrons. The van der Waals surface area contributed by atoms with Gasteiger partial charge in [0.05, 0.1) is 0 Å². The van der Waals surface area contributed by atoms with E-state index < -0.39 is 8.24 Å². The fourth-order valence-corrected chi connectivity index (χ4v) is 8.78. The van der Waals surface area contributed by atoms with Crippen LogP contribution in [0.5, 0.6) is 0 Å². The smallest absolute Gasteiger partial charge is 0.163 e. The summed E-state index contributed by atoms with van der Waals surface area (Å²) in [6.07, 6.45) is 2.52. The minimum atomic E-state index is -1.63. The van der Waals surface area contributed by atoms with Crippen LogP contribution in [0, 0.1) is 0 Å². The molecule has 0 bridgehead atoms. The first kappa shape index (κ1) is 15.5. The third-order valence-electron chi connectivity index (χ3n) is 4.50. The molecule has 1 aromatic rings. The fourth-order valence-electron chi connectivity index (χ4n) is 3.16. The summed E-state index contributed by atoms with van der Waals surface area (Å²) in [5.41, 5.74) is 1.55. The Morgan fingerprint density at radius 2 is 1.44 bits per heavy atom. The third kappa shape index (κ3) is 2.86.